The Morgan fingerprint density at radius 1 is 1.05 bits per heavy atom. The van der Waals surface area contributed by atoms with Crippen LogP contribution >= 0.6 is 23.4 Å². The van der Waals surface area contributed by atoms with Crippen molar-refractivity contribution in [3.05, 3.63) is 53.6 Å². The molecule has 0 amide bonds. The van der Waals surface area contributed by atoms with Crippen molar-refractivity contribution in [2.45, 2.75) is 4.90 Å². The zero-order chi connectivity index (χ0) is 13.9. The average Bonchev–Trinajstić information content (AvgIpc) is 2.97. The Labute approximate surface area is 126 Å². The molecule has 3 aromatic rings. The zero-order valence-electron chi connectivity index (χ0n) is 10.7. The van der Waals surface area contributed by atoms with E-state index in [1.807, 2.05) is 54.8 Å². The molecule has 3 nitrogen and oxygen atoms in total. The van der Waals surface area contributed by atoms with E-state index in [-0.39, 0.29) is 0 Å². The highest BCUT2D eigenvalue weighted by molar-refractivity contribution is 7.98. The molecule has 0 fully saturated rings. The Morgan fingerprint density at radius 2 is 1.80 bits per heavy atom. The van der Waals surface area contributed by atoms with Gasteiger partial charge in [-0.25, -0.2) is 0 Å². The van der Waals surface area contributed by atoms with Crippen molar-refractivity contribution in [2.24, 2.45) is 0 Å². The molecule has 5 heteroatoms. The molecular formula is C15H11ClN2OS. The van der Waals surface area contributed by atoms with E-state index < -0.39 is 0 Å². The Balaban J connectivity index is 2.00. The van der Waals surface area contributed by atoms with Gasteiger partial charge in [0.15, 0.2) is 0 Å². The molecule has 100 valence electrons. The smallest absolute Gasteiger partial charge is 0.259 e. The summed E-state index contributed by atoms with van der Waals surface area (Å²) in [7, 11) is 0. The maximum absolute atomic E-state index is 5.87. The van der Waals surface area contributed by atoms with Gasteiger partial charge in [-0.1, -0.05) is 28.9 Å². The van der Waals surface area contributed by atoms with Crippen LogP contribution < -0.4 is 0 Å². The quantitative estimate of drug-likeness (QED) is 0.653. The van der Waals surface area contributed by atoms with Crippen molar-refractivity contribution >= 4 is 23.4 Å². The minimum absolute atomic E-state index is 0.528. The van der Waals surface area contributed by atoms with Gasteiger partial charge in [-0.2, -0.15) is 4.98 Å². The van der Waals surface area contributed by atoms with Gasteiger partial charge in [-0.05, 0) is 42.7 Å². The second-order valence-electron chi connectivity index (χ2n) is 4.13. The molecule has 0 aliphatic heterocycles. The van der Waals surface area contributed by atoms with E-state index in [0.29, 0.717) is 16.7 Å². The van der Waals surface area contributed by atoms with Crippen LogP contribution in [0.15, 0.2) is 57.9 Å². The molecule has 20 heavy (non-hydrogen) atoms. The molecule has 0 aliphatic carbocycles. The van der Waals surface area contributed by atoms with Crippen LogP contribution in [0.1, 0.15) is 0 Å². The standard InChI is InChI=1S/C15H11ClN2OS/c1-20-13-5-3-2-4-12(13)15-17-14(18-19-15)10-6-8-11(16)9-7-10/h2-9H,1H3. The molecule has 2 aromatic carbocycles. The highest BCUT2D eigenvalue weighted by atomic mass is 35.5. The van der Waals surface area contributed by atoms with E-state index in [9.17, 15) is 0 Å². The monoisotopic (exact) mass is 302 g/mol. The molecule has 0 bridgehead atoms. The van der Waals surface area contributed by atoms with E-state index in [1.165, 1.54) is 0 Å². The second-order valence-corrected chi connectivity index (χ2v) is 5.41. The first-order chi connectivity index (χ1) is 9.78. The van der Waals surface area contributed by atoms with Crippen LogP contribution in [0.4, 0.5) is 0 Å². The summed E-state index contributed by atoms with van der Waals surface area (Å²) in [6.07, 6.45) is 2.02. The van der Waals surface area contributed by atoms with Crippen LogP contribution in [0.2, 0.25) is 5.02 Å². The zero-order valence-corrected chi connectivity index (χ0v) is 12.3. The lowest BCUT2D eigenvalue weighted by atomic mass is 10.2. The van der Waals surface area contributed by atoms with Crippen LogP contribution in [0.25, 0.3) is 22.8 Å². The van der Waals surface area contributed by atoms with Crippen LogP contribution in [-0.2, 0) is 0 Å². The van der Waals surface area contributed by atoms with Crippen LogP contribution in [0.3, 0.4) is 0 Å². The third-order valence-corrected chi connectivity index (χ3v) is 3.91. The lowest BCUT2D eigenvalue weighted by Gasteiger charge is -2.00. The number of rotatable bonds is 3. The fraction of sp³-hybridized carbons (Fsp3) is 0.0667. The fourth-order valence-corrected chi connectivity index (χ4v) is 2.59. The van der Waals surface area contributed by atoms with Crippen LogP contribution in [-0.4, -0.2) is 16.4 Å². The van der Waals surface area contributed by atoms with Gasteiger partial charge in [0, 0.05) is 15.5 Å². The van der Waals surface area contributed by atoms with E-state index >= 15 is 0 Å². The summed E-state index contributed by atoms with van der Waals surface area (Å²) in [5.41, 5.74) is 1.83. The molecule has 0 radical (unpaired) electrons. The molecule has 0 aliphatic rings. The molecule has 0 N–H and O–H groups in total. The minimum Gasteiger partial charge on any atom is -0.334 e. The summed E-state index contributed by atoms with van der Waals surface area (Å²) in [6, 6.07) is 15.3. The Morgan fingerprint density at radius 3 is 2.55 bits per heavy atom. The molecule has 1 heterocycles. The first-order valence-corrected chi connectivity index (χ1v) is 7.61. The van der Waals surface area contributed by atoms with Gasteiger partial charge in [0.2, 0.25) is 5.82 Å². The fourth-order valence-electron chi connectivity index (χ4n) is 1.87. The lowest BCUT2D eigenvalue weighted by molar-refractivity contribution is 0.431. The van der Waals surface area contributed by atoms with Crippen molar-refractivity contribution in [3.63, 3.8) is 0 Å². The lowest BCUT2D eigenvalue weighted by Crippen LogP contribution is -1.83. The summed E-state index contributed by atoms with van der Waals surface area (Å²) in [4.78, 5) is 5.56. The van der Waals surface area contributed by atoms with Crippen molar-refractivity contribution in [3.8, 4) is 22.8 Å². The molecule has 0 atom stereocenters. The molecule has 1 aromatic heterocycles. The molecule has 0 saturated carbocycles. The Hall–Kier alpha value is -1.78. The number of nitrogens with zero attached hydrogens (tertiary/aromatic N) is 2. The molecule has 3 rings (SSSR count). The van der Waals surface area contributed by atoms with Gasteiger partial charge in [0.25, 0.3) is 5.89 Å². The Bertz CT molecular complexity index is 725. The predicted octanol–water partition coefficient (Wildman–Crippen LogP) is 4.78. The van der Waals surface area contributed by atoms with Gasteiger partial charge in [-0.3, -0.25) is 0 Å². The number of hydrogen-bond donors (Lipinski definition) is 0. The largest absolute Gasteiger partial charge is 0.334 e. The van der Waals surface area contributed by atoms with Gasteiger partial charge in [0.05, 0.1) is 5.56 Å². The summed E-state index contributed by atoms with van der Waals surface area (Å²) in [6.45, 7) is 0. The normalized spacial score (nSPS) is 10.7. The van der Waals surface area contributed by atoms with Crippen LogP contribution in [0.5, 0.6) is 0 Å². The molecule has 0 spiro atoms. The number of aromatic nitrogens is 2. The van der Waals surface area contributed by atoms with E-state index in [1.54, 1.807) is 11.8 Å². The van der Waals surface area contributed by atoms with E-state index in [0.717, 1.165) is 16.0 Å². The van der Waals surface area contributed by atoms with Crippen molar-refractivity contribution in [1.82, 2.24) is 10.1 Å². The average molecular weight is 303 g/mol. The maximum atomic E-state index is 5.87. The summed E-state index contributed by atoms with van der Waals surface area (Å²) in [5.74, 6) is 1.09. The first-order valence-electron chi connectivity index (χ1n) is 6.01. The highest BCUT2D eigenvalue weighted by Crippen LogP contribution is 2.30. The number of thioether (sulfide) groups is 1. The second kappa shape index (κ2) is 5.69. The van der Waals surface area contributed by atoms with Crippen molar-refractivity contribution < 1.29 is 4.52 Å². The van der Waals surface area contributed by atoms with Gasteiger partial charge in [0.1, 0.15) is 0 Å². The highest BCUT2D eigenvalue weighted by Gasteiger charge is 2.13. The Kier molecular flexibility index (Phi) is 3.76. The number of benzene rings is 2. The van der Waals surface area contributed by atoms with Gasteiger partial charge < -0.3 is 4.52 Å². The molecule has 0 saturated heterocycles. The van der Waals surface area contributed by atoms with Gasteiger partial charge in [-0.15, -0.1) is 11.8 Å². The van der Waals surface area contributed by atoms with Crippen molar-refractivity contribution in [1.29, 1.82) is 0 Å². The molecular weight excluding hydrogens is 292 g/mol. The van der Waals surface area contributed by atoms with Crippen LogP contribution in [0, 0.1) is 0 Å². The number of halogens is 1. The summed E-state index contributed by atoms with van der Waals surface area (Å²) in [5, 5.41) is 4.71. The third-order valence-electron chi connectivity index (χ3n) is 2.87. The van der Waals surface area contributed by atoms with E-state index in [2.05, 4.69) is 10.1 Å². The summed E-state index contributed by atoms with van der Waals surface area (Å²) >= 11 is 7.52. The maximum Gasteiger partial charge on any atom is 0.259 e. The minimum atomic E-state index is 0.528. The third kappa shape index (κ3) is 2.57. The van der Waals surface area contributed by atoms with Crippen molar-refractivity contribution in [2.75, 3.05) is 6.26 Å². The SMILES string of the molecule is CSc1ccccc1-c1nc(-c2ccc(Cl)cc2)no1. The topological polar surface area (TPSA) is 38.9 Å². The first kappa shape index (κ1) is 13.2. The predicted molar refractivity (Wildman–Crippen MR) is 82.0 cm³/mol. The summed E-state index contributed by atoms with van der Waals surface area (Å²) < 4.78 is 5.37. The number of hydrogen-bond acceptors (Lipinski definition) is 4. The van der Waals surface area contributed by atoms with Gasteiger partial charge >= 0.3 is 0 Å². The van der Waals surface area contributed by atoms with E-state index in [4.69, 9.17) is 16.1 Å². The molecule has 0 unspecified atom stereocenters.